The van der Waals surface area contributed by atoms with Crippen LogP contribution >= 0.6 is 15.9 Å². The highest BCUT2D eigenvalue weighted by Gasteiger charge is 2.35. The van der Waals surface area contributed by atoms with E-state index in [0.717, 1.165) is 10.0 Å². The number of ether oxygens (including phenoxy) is 1. The largest absolute Gasteiger partial charge is 0.491 e. The van der Waals surface area contributed by atoms with Gasteiger partial charge in [-0.25, -0.2) is 8.42 Å². The number of sulfone groups is 1. The molecule has 28 heavy (non-hydrogen) atoms. The SMILES string of the molecule is CC(C)Oc1ccc(C(=O)N(Cc2cccc(Br)c2)[C@@H]2CCS(=O)(=O)C2)cc1. The van der Waals surface area contributed by atoms with Crippen LogP contribution in [0.3, 0.4) is 0 Å². The number of carbonyl (C=O) groups excluding carboxylic acids is 1. The van der Waals surface area contributed by atoms with Gasteiger partial charge in [-0.05, 0) is 62.2 Å². The van der Waals surface area contributed by atoms with Gasteiger partial charge < -0.3 is 9.64 Å². The van der Waals surface area contributed by atoms with Crippen LogP contribution in [-0.2, 0) is 16.4 Å². The number of halogens is 1. The zero-order valence-corrected chi connectivity index (χ0v) is 18.4. The summed E-state index contributed by atoms with van der Waals surface area (Å²) in [5.74, 6) is 0.675. The van der Waals surface area contributed by atoms with Crippen LogP contribution in [0.2, 0.25) is 0 Å². The molecule has 5 nitrogen and oxygen atoms in total. The van der Waals surface area contributed by atoms with E-state index in [1.165, 1.54) is 0 Å². The fourth-order valence-electron chi connectivity index (χ4n) is 3.33. The van der Waals surface area contributed by atoms with Gasteiger partial charge in [-0.15, -0.1) is 0 Å². The number of amides is 1. The van der Waals surface area contributed by atoms with E-state index in [0.29, 0.717) is 24.3 Å². The van der Waals surface area contributed by atoms with Crippen molar-refractivity contribution in [2.24, 2.45) is 0 Å². The van der Waals surface area contributed by atoms with Crippen molar-refractivity contribution in [3.8, 4) is 5.75 Å². The molecule has 2 aromatic rings. The average molecular weight is 466 g/mol. The summed E-state index contributed by atoms with van der Waals surface area (Å²) in [4.78, 5) is 14.9. The lowest BCUT2D eigenvalue weighted by atomic mass is 10.1. The zero-order chi connectivity index (χ0) is 20.3. The summed E-state index contributed by atoms with van der Waals surface area (Å²) in [7, 11) is -3.10. The van der Waals surface area contributed by atoms with Crippen LogP contribution in [0.4, 0.5) is 0 Å². The Morgan fingerprint density at radius 1 is 1.21 bits per heavy atom. The van der Waals surface area contributed by atoms with Crippen LogP contribution in [0.1, 0.15) is 36.2 Å². The van der Waals surface area contributed by atoms with Crippen LogP contribution in [0, 0.1) is 0 Å². The average Bonchev–Trinajstić information content (AvgIpc) is 2.99. The predicted molar refractivity (Wildman–Crippen MR) is 113 cm³/mol. The molecule has 1 heterocycles. The molecule has 0 radical (unpaired) electrons. The molecule has 1 amide bonds. The lowest BCUT2D eigenvalue weighted by molar-refractivity contribution is 0.0681. The van der Waals surface area contributed by atoms with E-state index in [1.54, 1.807) is 29.2 Å². The number of rotatable bonds is 6. The Labute approximate surface area is 174 Å². The molecule has 1 atom stereocenters. The summed E-state index contributed by atoms with van der Waals surface area (Å²) in [5, 5.41) is 0. The summed E-state index contributed by atoms with van der Waals surface area (Å²) in [6, 6.07) is 14.4. The summed E-state index contributed by atoms with van der Waals surface area (Å²) >= 11 is 3.45. The van der Waals surface area contributed by atoms with E-state index in [4.69, 9.17) is 4.74 Å². The van der Waals surface area contributed by atoms with Crippen molar-refractivity contribution in [3.05, 3.63) is 64.1 Å². The number of benzene rings is 2. The van der Waals surface area contributed by atoms with Gasteiger partial charge in [0, 0.05) is 22.6 Å². The third-order valence-corrected chi connectivity index (χ3v) is 6.87. The molecule has 1 fully saturated rings. The highest BCUT2D eigenvalue weighted by atomic mass is 79.9. The van der Waals surface area contributed by atoms with Gasteiger partial charge in [0.1, 0.15) is 5.75 Å². The molecule has 1 aliphatic heterocycles. The number of nitrogens with zero attached hydrogens (tertiary/aromatic N) is 1. The van der Waals surface area contributed by atoms with Gasteiger partial charge in [0.05, 0.1) is 17.6 Å². The van der Waals surface area contributed by atoms with Crippen molar-refractivity contribution < 1.29 is 17.9 Å². The fraction of sp³-hybridized carbons (Fsp3) is 0.381. The molecule has 0 aromatic heterocycles. The van der Waals surface area contributed by atoms with E-state index in [-0.39, 0.29) is 29.6 Å². The van der Waals surface area contributed by atoms with Gasteiger partial charge in [-0.3, -0.25) is 4.79 Å². The van der Waals surface area contributed by atoms with E-state index >= 15 is 0 Å². The van der Waals surface area contributed by atoms with Crippen LogP contribution in [0.5, 0.6) is 5.75 Å². The van der Waals surface area contributed by atoms with Crippen molar-refractivity contribution in [3.63, 3.8) is 0 Å². The van der Waals surface area contributed by atoms with Gasteiger partial charge in [-0.2, -0.15) is 0 Å². The summed E-state index contributed by atoms with van der Waals surface area (Å²) in [6.45, 7) is 4.25. The maximum Gasteiger partial charge on any atom is 0.254 e. The summed E-state index contributed by atoms with van der Waals surface area (Å²) in [6.07, 6.45) is 0.523. The van der Waals surface area contributed by atoms with Crippen molar-refractivity contribution >= 4 is 31.7 Å². The van der Waals surface area contributed by atoms with Crippen LogP contribution in [0.25, 0.3) is 0 Å². The quantitative estimate of drug-likeness (QED) is 0.644. The third kappa shape index (κ3) is 5.35. The van der Waals surface area contributed by atoms with Crippen LogP contribution in [0.15, 0.2) is 53.0 Å². The van der Waals surface area contributed by atoms with Gasteiger partial charge >= 0.3 is 0 Å². The molecule has 0 bridgehead atoms. The monoisotopic (exact) mass is 465 g/mol. The molecule has 0 aliphatic carbocycles. The van der Waals surface area contributed by atoms with Gasteiger partial charge in [0.25, 0.3) is 5.91 Å². The Morgan fingerprint density at radius 2 is 1.93 bits per heavy atom. The Balaban J connectivity index is 1.86. The van der Waals surface area contributed by atoms with Gasteiger partial charge in [0.15, 0.2) is 9.84 Å². The molecular weight excluding hydrogens is 442 g/mol. The molecule has 3 rings (SSSR count). The predicted octanol–water partition coefficient (Wildman–Crippen LogP) is 4.07. The van der Waals surface area contributed by atoms with Crippen molar-refractivity contribution in [1.82, 2.24) is 4.90 Å². The van der Waals surface area contributed by atoms with E-state index in [2.05, 4.69) is 15.9 Å². The summed E-state index contributed by atoms with van der Waals surface area (Å²) < 4.78 is 30.6. The molecule has 1 saturated heterocycles. The van der Waals surface area contributed by atoms with Gasteiger partial charge in [0.2, 0.25) is 0 Å². The maximum absolute atomic E-state index is 13.2. The van der Waals surface area contributed by atoms with Crippen LogP contribution < -0.4 is 4.74 Å². The normalized spacial score (nSPS) is 18.2. The Kier molecular flexibility index (Phi) is 6.45. The molecule has 150 valence electrons. The van der Waals surface area contributed by atoms with Crippen molar-refractivity contribution in [1.29, 1.82) is 0 Å². The van der Waals surface area contributed by atoms with Crippen molar-refractivity contribution in [2.75, 3.05) is 11.5 Å². The third-order valence-electron chi connectivity index (χ3n) is 4.63. The number of hydrogen-bond donors (Lipinski definition) is 0. The highest BCUT2D eigenvalue weighted by molar-refractivity contribution is 9.10. The molecule has 2 aromatic carbocycles. The smallest absolute Gasteiger partial charge is 0.254 e. The minimum absolute atomic E-state index is 0.0152. The lowest BCUT2D eigenvalue weighted by Crippen LogP contribution is -2.40. The van der Waals surface area contributed by atoms with E-state index < -0.39 is 9.84 Å². The van der Waals surface area contributed by atoms with Crippen molar-refractivity contribution in [2.45, 2.75) is 39.0 Å². The zero-order valence-electron chi connectivity index (χ0n) is 16.0. The number of hydrogen-bond acceptors (Lipinski definition) is 4. The van der Waals surface area contributed by atoms with E-state index in [1.807, 2.05) is 38.1 Å². The first-order valence-corrected chi connectivity index (χ1v) is 11.9. The molecular formula is C21H24BrNO4S. The number of carbonyl (C=O) groups is 1. The minimum Gasteiger partial charge on any atom is -0.491 e. The first-order chi connectivity index (χ1) is 13.2. The van der Waals surface area contributed by atoms with Gasteiger partial charge in [-0.1, -0.05) is 28.1 Å². The minimum atomic E-state index is -3.10. The molecule has 0 spiro atoms. The Morgan fingerprint density at radius 3 is 2.50 bits per heavy atom. The Bertz CT molecular complexity index is 941. The second-order valence-corrected chi connectivity index (χ2v) is 10.5. The highest BCUT2D eigenvalue weighted by Crippen LogP contribution is 2.24. The maximum atomic E-state index is 13.2. The first kappa shape index (κ1) is 20.9. The standard InChI is InChI=1S/C21H24BrNO4S/c1-15(2)27-20-8-6-17(7-9-20)21(24)23(19-10-11-28(25,26)14-19)13-16-4-3-5-18(22)12-16/h3-9,12,15,19H,10-11,13-14H2,1-2H3/t19-/m1/s1. The van der Waals surface area contributed by atoms with Crippen LogP contribution in [-0.4, -0.2) is 42.9 Å². The van der Waals surface area contributed by atoms with E-state index in [9.17, 15) is 13.2 Å². The Hall–Kier alpha value is -1.86. The summed E-state index contributed by atoms with van der Waals surface area (Å²) in [5.41, 5.74) is 1.47. The molecule has 0 N–H and O–H groups in total. The first-order valence-electron chi connectivity index (χ1n) is 9.26. The molecule has 7 heteroatoms. The second-order valence-electron chi connectivity index (χ2n) is 7.31. The molecule has 1 aliphatic rings. The topological polar surface area (TPSA) is 63.7 Å². The molecule has 0 unspecified atom stereocenters. The fourth-order valence-corrected chi connectivity index (χ4v) is 5.51. The molecule has 0 saturated carbocycles. The second kappa shape index (κ2) is 8.66. The lowest BCUT2D eigenvalue weighted by Gasteiger charge is -2.28.